The van der Waals surface area contributed by atoms with Crippen LogP contribution >= 0.6 is 0 Å². The third kappa shape index (κ3) is 2.98. The van der Waals surface area contributed by atoms with Gasteiger partial charge in [0.15, 0.2) is 0 Å². The predicted molar refractivity (Wildman–Crippen MR) is 69.6 cm³/mol. The normalized spacial score (nSPS) is 20.0. The maximum Gasteiger partial charge on any atom is 0.270 e. The van der Waals surface area contributed by atoms with E-state index in [9.17, 15) is 9.59 Å². The van der Waals surface area contributed by atoms with Gasteiger partial charge in [-0.2, -0.15) is 0 Å². The number of H-pyrrole nitrogens is 1. The first-order valence-corrected chi connectivity index (χ1v) is 6.19. The summed E-state index contributed by atoms with van der Waals surface area (Å²) in [6.45, 7) is 2.86. The topological polar surface area (TPSA) is 56.4 Å². The Kier molecular flexibility index (Phi) is 3.81. The van der Waals surface area contributed by atoms with E-state index in [-0.39, 0.29) is 11.5 Å². The third-order valence-corrected chi connectivity index (χ3v) is 3.37. The van der Waals surface area contributed by atoms with Gasteiger partial charge < -0.3 is 14.8 Å². The molecule has 1 fully saturated rings. The number of pyridine rings is 1. The second-order valence-corrected chi connectivity index (χ2v) is 5.03. The SMILES string of the molecule is CN1CCC(CN(C)C(=O)c2cccc(=O)[nH]2)C1. The van der Waals surface area contributed by atoms with E-state index in [4.69, 9.17) is 0 Å². The monoisotopic (exact) mass is 249 g/mol. The number of nitrogens with zero attached hydrogens (tertiary/aromatic N) is 2. The number of hydrogen-bond acceptors (Lipinski definition) is 3. The fourth-order valence-corrected chi connectivity index (χ4v) is 2.42. The molecule has 18 heavy (non-hydrogen) atoms. The van der Waals surface area contributed by atoms with Gasteiger partial charge in [0, 0.05) is 26.2 Å². The lowest BCUT2D eigenvalue weighted by molar-refractivity contribution is 0.0768. The molecule has 2 heterocycles. The van der Waals surface area contributed by atoms with Crippen molar-refractivity contribution in [3.8, 4) is 0 Å². The minimum atomic E-state index is -0.241. The number of rotatable bonds is 3. The predicted octanol–water partition coefficient (Wildman–Crippen LogP) is 0.399. The zero-order valence-corrected chi connectivity index (χ0v) is 10.8. The second kappa shape index (κ2) is 5.35. The average molecular weight is 249 g/mol. The Morgan fingerprint density at radius 2 is 2.33 bits per heavy atom. The van der Waals surface area contributed by atoms with Gasteiger partial charge in [0.2, 0.25) is 5.56 Å². The van der Waals surface area contributed by atoms with Crippen molar-refractivity contribution in [1.82, 2.24) is 14.8 Å². The molecule has 1 atom stereocenters. The summed E-state index contributed by atoms with van der Waals surface area (Å²) < 4.78 is 0. The van der Waals surface area contributed by atoms with Gasteiger partial charge in [-0.1, -0.05) is 6.07 Å². The Hall–Kier alpha value is -1.62. The van der Waals surface area contributed by atoms with Gasteiger partial charge in [0.1, 0.15) is 5.69 Å². The van der Waals surface area contributed by atoms with E-state index in [0.717, 1.165) is 26.1 Å². The number of carbonyl (C=O) groups is 1. The number of carbonyl (C=O) groups excluding carboxylic acids is 1. The van der Waals surface area contributed by atoms with Gasteiger partial charge >= 0.3 is 0 Å². The zero-order valence-electron chi connectivity index (χ0n) is 10.8. The number of hydrogen-bond donors (Lipinski definition) is 1. The molecule has 2 rings (SSSR count). The molecule has 1 aliphatic rings. The van der Waals surface area contributed by atoms with Crippen LogP contribution in [0.1, 0.15) is 16.9 Å². The Balaban J connectivity index is 1.98. The summed E-state index contributed by atoms with van der Waals surface area (Å²) in [7, 11) is 3.88. The van der Waals surface area contributed by atoms with Crippen molar-refractivity contribution < 1.29 is 4.79 Å². The highest BCUT2D eigenvalue weighted by Gasteiger charge is 2.23. The Labute approximate surface area is 106 Å². The van der Waals surface area contributed by atoms with Crippen LogP contribution < -0.4 is 5.56 Å². The van der Waals surface area contributed by atoms with Crippen molar-refractivity contribution in [3.05, 3.63) is 34.2 Å². The van der Waals surface area contributed by atoms with Crippen LogP contribution in [0.15, 0.2) is 23.0 Å². The molecule has 5 heteroatoms. The van der Waals surface area contributed by atoms with E-state index < -0.39 is 0 Å². The number of nitrogens with one attached hydrogen (secondary N) is 1. The summed E-state index contributed by atoms with van der Waals surface area (Å²) in [5.41, 5.74) is 0.117. The van der Waals surface area contributed by atoms with Crippen molar-refractivity contribution in [2.24, 2.45) is 5.92 Å². The van der Waals surface area contributed by atoms with Crippen LogP contribution in [0, 0.1) is 5.92 Å². The molecule has 1 saturated heterocycles. The van der Waals surface area contributed by atoms with Crippen LogP contribution in [0.25, 0.3) is 0 Å². The van der Waals surface area contributed by atoms with Crippen LogP contribution in [0.5, 0.6) is 0 Å². The number of aromatic nitrogens is 1. The van der Waals surface area contributed by atoms with Crippen molar-refractivity contribution in [2.45, 2.75) is 6.42 Å². The first-order valence-electron chi connectivity index (χ1n) is 6.19. The molecule has 0 aliphatic carbocycles. The summed E-state index contributed by atoms with van der Waals surface area (Å²) in [6, 6.07) is 4.65. The lowest BCUT2D eigenvalue weighted by Gasteiger charge is -2.21. The van der Waals surface area contributed by atoms with E-state index in [0.29, 0.717) is 11.6 Å². The first kappa shape index (κ1) is 12.8. The van der Waals surface area contributed by atoms with Gasteiger partial charge in [-0.25, -0.2) is 0 Å². The lowest BCUT2D eigenvalue weighted by atomic mass is 10.1. The molecule has 0 bridgehead atoms. The fraction of sp³-hybridized carbons (Fsp3) is 0.538. The molecular weight excluding hydrogens is 230 g/mol. The summed E-state index contributed by atoms with van der Waals surface area (Å²) in [6.07, 6.45) is 1.12. The van der Waals surface area contributed by atoms with Crippen molar-refractivity contribution in [1.29, 1.82) is 0 Å². The van der Waals surface area contributed by atoms with E-state index in [1.807, 2.05) is 0 Å². The summed E-state index contributed by atoms with van der Waals surface area (Å²) in [5.74, 6) is 0.404. The fourth-order valence-electron chi connectivity index (χ4n) is 2.42. The number of aromatic amines is 1. The standard InChI is InChI=1S/C13H19N3O2/c1-15-7-6-10(8-15)9-16(2)13(18)11-4-3-5-12(17)14-11/h3-5,10H,6-9H2,1-2H3,(H,14,17). The Morgan fingerprint density at radius 1 is 1.56 bits per heavy atom. The van der Waals surface area contributed by atoms with Crippen LogP contribution in [0.2, 0.25) is 0 Å². The quantitative estimate of drug-likeness (QED) is 0.843. The zero-order chi connectivity index (χ0) is 13.1. The van der Waals surface area contributed by atoms with Crippen molar-refractivity contribution >= 4 is 5.91 Å². The molecule has 1 aliphatic heterocycles. The highest BCUT2D eigenvalue weighted by Crippen LogP contribution is 2.15. The highest BCUT2D eigenvalue weighted by atomic mass is 16.2. The number of amides is 1. The lowest BCUT2D eigenvalue weighted by Crippen LogP contribution is -2.34. The molecule has 1 aromatic heterocycles. The van der Waals surface area contributed by atoms with Crippen LogP contribution in [0.4, 0.5) is 0 Å². The minimum absolute atomic E-state index is 0.123. The smallest absolute Gasteiger partial charge is 0.270 e. The van der Waals surface area contributed by atoms with Gasteiger partial charge in [-0.05, 0) is 32.0 Å². The van der Waals surface area contributed by atoms with Crippen LogP contribution in [-0.2, 0) is 0 Å². The molecule has 1 N–H and O–H groups in total. The third-order valence-electron chi connectivity index (χ3n) is 3.37. The van der Waals surface area contributed by atoms with E-state index in [2.05, 4.69) is 16.9 Å². The van der Waals surface area contributed by atoms with Gasteiger partial charge in [0.25, 0.3) is 5.91 Å². The first-order chi connectivity index (χ1) is 8.56. The maximum atomic E-state index is 12.1. The second-order valence-electron chi connectivity index (χ2n) is 5.03. The molecule has 5 nitrogen and oxygen atoms in total. The highest BCUT2D eigenvalue weighted by molar-refractivity contribution is 5.92. The molecule has 0 spiro atoms. The maximum absolute atomic E-state index is 12.1. The molecular formula is C13H19N3O2. The van der Waals surface area contributed by atoms with E-state index in [1.54, 1.807) is 24.1 Å². The molecule has 0 radical (unpaired) electrons. The number of likely N-dealkylation sites (tertiary alicyclic amines) is 1. The summed E-state index contributed by atoms with van der Waals surface area (Å²) in [4.78, 5) is 29.8. The molecule has 1 unspecified atom stereocenters. The average Bonchev–Trinajstić information content (AvgIpc) is 2.73. The van der Waals surface area contributed by atoms with Crippen molar-refractivity contribution in [2.75, 3.05) is 33.7 Å². The van der Waals surface area contributed by atoms with Gasteiger partial charge in [0.05, 0.1) is 0 Å². The Bertz CT molecular complexity index is 483. The van der Waals surface area contributed by atoms with E-state index in [1.165, 1.54) is 6.07 Å². The molecule has 0 saturated carbocycles. The van der Waals surface area contributed by atoms with E-state index >= 15 is 0 Å². The minimum Gasteiger partial charge on any atom is -0.340 e. The molecule has 98 valence electrons. The van der Waals surface area contributed by atoms with Crippen LogP contribution in [-0.4, -0.2) is 54.4 Å². The summed E-state index contributed by atoms with van der Waals surface area (Å²) >= 11 is 0. The van der Waals surface area contributed by atoms with Gasteiger partial charge in [-0.3, -0.25) is 9.59 Å². The Morgan fingerprint density at radius 3 is 2.94 bits per heavy atom. The van der Waals surface area contributed by atoms with Gasteiger partial charge in [-0.15, -0.1) is 0 Å². The molecule has 0 aromatic carbocycles. The molecule has 1 aromatic rings. The van der Waals surface area contributed by atoms with Crippen molar-refractivity contribution in [3.63, 3.8) is 0 Å². The van der Waals surface area contributed by atoms with Crippen LogP contribution in [0.3, 0.4) is 0 Å². The largest absolute Gasteiger partial charge is 0.340 e. The summed E-state index contributed by atoms with van der Waals surface area (Å²) in [5, 5.41) is 0. The molecule has 1 amide bonds.